The fraction of sp³-hybridized carbons (Fsp3) is 0.0476. The van der Waals surface area contributed by atoms with Gasteiger partial charge < -0.3 is 13.3 Å². The molecule has 0 spiro atoms. The molecular weight excluding hydrogens is 328 g/mol. The Morgan fingerprint density at radius 1 is 0.560 bits per heavy atom. The van der Waals surface area contributed by atoms with Gasteiger partial charge in [-0.15, -0.1) is 0 Å². The molecule has 0 aliphatic carbocycles. The van der Waals surface area contributed by atoms with E-state index in [1.54, 1.807) is 0 Å². The van der Waals surface area contributed by atoms with Gasteiger partial charge in [0.1, 0.15) is 17.2 Å². The van der Waals surface area contributed by atoms with Crippen molar-refractivity contribution in [1.29, 1.82) is 0 Å². The van der Waals surface area contributed by atoms with E-state index in [2.05, 4.69) is 0 Å². The van der Waals surface area contributed by atoms with Crippen LogP contribution in [-0.4, -0.2) is 8.80 Å². The molecule has 0 atom stereocenters. The van der Waals surface area contributed by atoms with Crippen LogP contribution in [0, 0.1) is 0 Å². The lowest BCUT2D eigenvalue weighted by molar-refractivity contribution is 0.279. The van der Waals surface area contributed by atoms with Crippen LogP contribution in [0.3, 0.4) is 0 Å². The first-order valence-corrected chi connectivity index (χ1v) is 9.96. The van der Waals surface area contributed by atoms with Crippen molar-refractivity contribution in [1.82, 2.24) is 0 Å². The van der Waals surface area contributed by atoms with Crippen LogP contribution in [0.2, 0.25) is 0 Å². The summed E-state index contributed by atoms with van der Waals surface area (Å²) in [7, 11) is -3.20. The monoisotopic (exact) mass is 348 g/mol. The summed E-state index contributed by atoms with van der Waals surface area (Å²) in [6, 6.07) is 28.8. The molecule has 3 nitrogen and oxygen atoms in total. The molecule has 4 heteroatoms. The van der Waals surface area contributed by atoms with E-state index in [1.165, 1.54) is 0 Å². The minimum Gasteiger partial charge on any atom is -0.480 e. The average molecular weight is 348 g/mol. The number of allylic oxidation sites excluding steroid dienone is 1. The van der Waals surface area contributed by atoms with Gasteiger partial charge in [-0.25, -0.2) is 0 Å². The van der Waals surface area contributed by atoms with Crippen LogP contribution >= 0.6 is 0 Å². The molecule has 0 unspecified atom stereocenters. The Morgan fingerprint density at radius 2 is 0.880 bits per heavy atom. The predicted octanol–water partition coefficient (Wildman–Crippen LogP) is 5.28. The minimum absolute atomic E-state index is 0.708. The topological polar surface area (TPSA) is 27.7 Å². The highest BCUT2D eigenvalue weighted by Gasteiger charge is 2.46. The second-order valence-electron chi connectivity index (χ2n) is 5.35. The van der Waals surface area contributed by atoms with Gasteiger partial charge in [-0.05, 0) is 43.3 Å². The number of hydrogen-bond acceptors (Lipinski definition) is 3. The molecule has 126 valence electrons. The van der Waals surface area contributed by atoms with Crippen molar-refractivity contribution in [2.24, 2.45) is 0 Å². The van der Waals surface area contributed by atoms with Gasteiger partial charge in [-0.1, -0.05) is 60.7 Å². The average Bonchev–Trinajstić information content (AvgIpc) is 2.64. The zero-order valence-corrected chi connectivity index (χ0v) is 15.0. The van der Waals surface area contributed by atoms with Crippen LogP contribution in [0.25, 0.3) is 0 Å². The van der Waals surface area contributed by atoms with E-state index in [0.717, 1.165) is 0 Å². The number of hydrogen-bond donors (Lipinski definition) is 0. The molecule has 0 amide bonds. The summed E-state index contributed by atoms with van der Waals surface area (Å²) >= 11 is 0. The maximum absolute atomic E-state index is 6.26. The van der Waals surface area contributed by atoms with Crippen molar-refractivity contribution in [2.75, 3.05) is 0 Å². The molecule has 3 aromatic carbocycles. The number of benzene rings is 3. The Kier molecular flexibility index (Phi) is 5.54. The van der Waals surface area contributed by atoms with E-state index in [0.29, 0.717) is 17.2 Å². The summed E-state index contributed by atoms with van der Waals surface area (Å²) in [5, 5.41) is 0. The molecule has 0 heterocycles. The van der Waals surface area contributed by atoms with Crippen LogP contribution in [0.15, 0.2) is 103 Å². The molecule has 3 rings (SSSR count). The third-order valence-electron chi connectivity index (χ3n) is 3.38. The highest BCUT2D eigenvalue weighted by Crippen LogP contribution is 2.24. The van der Waals surface area contributed by atoms with E-state index in [-0.39, 0.29) is 0 Å². The fourth-order valence-corrected chi connectivity index (χ4v) is 4.46. The molecule has 3 aromatic rings. The number of rotatable bonds is 7. The van der Waals surface area contributed by atoms with Crippen molar-refractivity contribution in [3.05, 3.63) is 103 Å². The van der Waals surface area contributed by atoms with Crippen molar-refractivity contribution in [3.8, 4) is 17.2 Å². The summed E-state index contributed by atoms with van der Waals surface area (Å²) in [6.07, 6.45) is 1.90. The SMILES string of the molecule is C/C=C\[Si](Oc1ccccc1)(Oc1ccccc1)Oc1ccccc1. The van der Waals surface area contributed by atoms with Crippen molar-refractivity contribution >= 4 is 8.80 Å². The van der Waals surface area contributed by atoms with Gasteiger partial charge in [-0.3, -0.25) is 0 Å². The Hall–Kier alpha value is -2.98. The van der Waals surface area contributed by atoms with Gasteiger partial charge in [0.2, 0.25) is 0 Å². The molecule has 0 aliphatic heterocycles. The summed E-state index contributed by atoms with van der Waals surface area (Å²) < 4.78 is 18.8. The second kappa shape index (κ2) is 8.21. The van der Waals surface area contributed by atoms with E-state index >= 15 is 0 Å². The third kappa shape index (κ3) is 4.75. The Labute approximate surface area is 149 Å². The number of para-hydroxylation sites is 3. The van der Waals surface area contributed by atoms with Gasteiger partial charge >= 0.3 is 8.80 Å². The largest absolute Gasteiger partial charge is 0.729 e. The van der Waals surface area contributed by atoms with Crippen molar-refractivity contribution < 1.29 is 13.3 Å². The lowest BCUT2D eigenvalue weighted by Crippen LogP contribution is -2.53. The van der Waals surface area contributed by atoms with Gasteiger partial charge in [-0.2, -0.15) is 0 Å². The standard InChI is InChI=1S/C21H20O3Si/c1-2-18-25(22-19-12-6-3-7-13-19,23-20-14-8-4-9-15-20)24-21-16-10-5-11-17-21/h2-18H,1H3/b18-2-. The van der Waals surface area contributed by atoms with E-state index < -0.39 is 8.80 Å². The molecule has 0 N–H and O–H groups in total. The Morgan fingerprint density at radius 3 is 1.16 bits per heavy atom. The van der Waals surface area contributed by atoms with Gasteiger partial charge in [0, 0.05) is 5.70 Å². The summed E-state index contributed by atoms with van der Waals surface area (Å²) in [4.78, 5) is 0. The van der Waals surface area contributed by atoms with Crippen LogP contribution in [0.4, 0.5) is 0 Å². The van der Waals surface area contributed by atoms with E-state index in [4.69, 9.17) is 13.3 Å². The molecule has 0 saturated heterocycles. The molecule has 0 bridgehead atoms. The van der Waals surface area contributed by atoms with Crippen LogP contribution in [0.1, 0.15) is 6.92 Å². The molecule has 0 fully saturated rings. The molecule has 0 radical (unpaired) electrons. The smallest absolute Gasteiger partial charge is 0.480 e. The molecule has 0 aliphatic rings. The Balaban J connectivity index is 1.97. The first kappa shape index (κ1) is 16.9. The zero-order chi connectivity index (χ0) is 17.4. The van der Waals surface area contributed by atoms with E-state index in [1.807, 2.05) is 110 Å². The first-order valence-electron chi connectivity index (χ1n) is 8.16. The minimum atomic E-state index is -3.20. The van der Waals surface area contributed by atoms with Crippen molar-refractivity contribution in [2.45, 2.75) is 6.92 Å². The van der Waals surface area contributed by atoms with Crippen molar-refractivity contribution in [3.63, 3.8) is 0 Å². The summed E-state index contributed by atoms with van der Waals surface area (Å²) in [5.41, 5.74) is 1.89. The fourth-order valence-electron chi connectivity index (χ4n) is 2.33. The second-order valence-corrected chi connectivity index (χ2v) is 7.50. The van der Waals surface area contributed by atoms with Gasteiger partial charge in [0.05, 0.1) is 0 Å². The third-order valence-corrected chi connectivity index (χ3v) is 5.68. The summed E-state index contributed by atoms with van der Waals surface area (Å²) in [5.74, 6) is 2.12. The lowest BCUT2D eigenvalue weighted by Gasteiger charge is -2.28. The van der Waals surface area contributed by atoms with Crippen LogP contribution in [0.5, 0.6) is 17.2 Å². The normalized spacial score (nSPS) is 11.2. The molecule has 25 heavy (non-hydrogen) atoms. The summed E-state index contributed by atoms with van der Waals surface area (Å²) in [6.45, 7) is 1.93. The Bertz CT molecular complexity index is 688. The quantitative estimate of drug-likeness (QED) is 0.544. The zero-order valence-electron chi connectivity index (χ0n) is 14.0. The van der Waals surface area contributed by atoms with E-state index in [9.17, 15) is 0 Å². The lowest BCUT2D eigenvalue weighted by atomic mass is 10.3. The maximum Gasteiger partial charge on any atom is 0.729 e. The highest BCUT2D eigenvalue weighted by atomic mass is 28.4. The predicted molar refractivity (Wildman–Crippen MR) is 102 cm³/mol. The van der Waals surface area contributed by atoms with Gasteiger partial charge in [0.15, 0.2) is 0 Å². The maximum atomic E-state index is 6.26. The highest BCUT2D eigenvalue weighted by molar-refractivity contribution is 6.68. The molecule has 0 aromatic heterocycles. The molecular formula is C21H20O3Si. The van der Waals surface area contributed by atoms with Gasteiger partial charge in [0.25, 0.3) is 0 Å². The van der Waals surface area contributed by atoms with Crippen LogP contribution < -0.4 is 13.3 Å². The van der Waals surface area contributed by atoms with Crippen LogP contribution in [-0.2, 0) is 0 Å². The first-order chi connectivity index (χ1) is 12.3. The molecule has 0 saturated carbocycles.